The molecule has 1 heterocycles. The zero-order valence-electron chi connectivity index (χ0n) is 18.3. The van der Waals surface area contributed by atoms with E-state index in [1.165, 1.54) is 19.2 Å². The number of ether oxygens (including phenoxy) is 2. The molecule has 10 heteroatoms. The minimum atomic E-state index is -0.439. The topological polar surface area (TPSA) is 67.9 Å². The number of amides is 2. The van der Waals surface area contributed by atoms with Crippen LogP contribution in [0.3, 0.4) is 0 Å². The quantitative estimate of drug-likeness (QED) is 0.288. The van der Waals surface area contributed by atoms with Gasteiger partial charge >= 0.3 is 0 Å². The second kappa shape index (κ2) is 11.0. The predicted molar refractivity (Wildman–Crippen MR) is 140 cm³/mol. The number of nitrogens with zero attached hydrogens (tertiary/aromatic N) is 1. The third-order valence-electron chi connectivity index (χ3n) is 4.86. The smallest absolute Gasteiger partial charge is 0.285 e. The molecule has 35 heavy (non-hydrogen) atoms. The first-order chi connectivity index (χ1) is 16.9. The summed E-state index contributed by atoms with van der Waals surface area (Å²) >= 11 is 9.85. The molecule has 1 fully saturated rings. The van der Waals surface area contributed by atoms with E-state index < -0.39 is 11.8 Å². The molecule has 0 radical (unpaired) electrons. The van der Waals surface area contributed by atoms with Crippen LogP contribution in [0.2, 0.25) is 0 Å². The minimum absolute atomic E-state index is 0.145. The largest absolute Gasteiger partial charge is 0.493 e. The van der Waals surface area contributed by atoms with Crippen LogP contribution in [-0.2, 0) is 11.4 Å². The van der Waals surface area contributed by atoms with Gasteiger partial charge in [0.05, 0.1) is 16.5 Å². The Labute approximate surface area is 219 Å². The first kappa shape index (κ1) is 24.9. The number of thiocarbonyl (C=S) groups is 1. The molecule has 178 valence electrons. The van der Waals surface area contributed by atoms with Crippen LogP contribution in [0.25, 0.3) is 6.08 Å². The number of hydrazine groups is 1. The summed E-state index contributed by atoms with van der Waals surface area (Å²) in [7, 11) is 1.50. The van der Waals surface area contributed by atoms with Gasteiger partial charge in [-0.2, -0.15) is 5.01 Å². The first-order valence-electron chi connectivity index (χ1n) is 10.2. The predicted octanol–water partition coefficient (Wildman–Crippen LogP) is 5.72. The van der Waals surface area contributed by atoms with Crippen LogP contribution >= 0.6 is 39.9 Å². The van der Waals surface area contributed by atoms with Crippen molar-refractivity contribution in [2.75, 3.05) is 7.11 Å². The number of thioether (sulfide) groups is 1. The lowest BCUT2D eigenvalue weighted by Gasteiger charge is -2.15. The number of nitrogens with one attached hydrogen (secondary N) is 1. The summed E-state index contributed by atoms with van der Waals surface area (Å²) in [5.74, 6) is -0.352. The third kappa shape index (κ3) is 5.90. The second-order valence-corrected chi connectivity index (χ2v) is 9.81. The molecular weight excluding hydrogens is 555 g/mol. The fraction of sp³-hybridized carbons (Fsp3) is 0.0800. The first-order valence-corrected chi connectivity index (χ1v) is 12.3. The Morgan fingerprint density at radius 2 is 1.94 bits per heavy atom. The Kier molecular flexibility index (Phi) is 7.84. The molecule has 1 aliphatic rings. The highest BCUT2D eigenvalue weighted by Crippen LogP contribution is 2.39. The van der Waals surface area contributed by atoms with Gasteiger partial charge in [-0.15, -0.1) is 0 Å². The molecule has 1 saturated heterocycles. The molecule has 0 unspecified atom stereocenters. The van der Waals surface area contributed by atoms with Gasteiger partial charge in [0.2, 0.25) is 0 Å². The van der Waals surface area contributed by atoms with E-state index in [-0.39, 0.29) is 16.7 Å². The van der Waals surface area contributed by atoms with Crippen LogP contribution in [0.4, 0.5) is 4.39 Å². The summed E-state index contributed by atoms with van der Waals surface area (Å²) < 4.78 is 25.6. The molecule has 0 aromatic heterocycles. The SMILES string of the molecule is COc1cc(/C=C2/SC(=S)N(NC(=O)c3ccccc3)C2=O)cc(Br)c1OCc1cccc(F)c1. The summed E-state index contributed by atoms with van der Waals surface area (Å²) in [5, 5.41) is 1.06. The van der Waals surface area contributed by atoms with Crippen LogP contribution in [0, 0.1) is 5.82 Å². The molecule has 2 amide bonds. The number of carbonyl (C=O) groups is 2. The fourth-order valence-corrected chi connectivity index (χ4v) is 4.97. The molecule has 1 N–H and O–H groups in total. The van der Waals surface area contributed by atoms with Gasteiger partial charge in [-0.25, -0.2) is 4.39 Å². The van der Waals surface area contributed by atoms with E-state index in [9.17, 15) is 14.0 Å². The maximum atomic E-state index is 13.4. The van der Waals surface area contributed by atoms with Crippen molar-refractivity contribution in [2.45, 2.75) is 6.61 Å². The van der Waals surface area contributed by atoms with E-state index >= 15 is 0 Å². The van der Waals surface area contributed by atoms with Gasteiger partial charge in [-0.1, -0.05) is 42.1 Å². The Bertz CT molecular complexity index is 1330. The Morgan fingerprint density at radius 3 is 2.66 bits per heavy atom. The van der Waals surface area contributed by atoms with Crippen molar-refractivity contribution in [3.63, 3.8) is 0 Å². The van der Waals surface area contributed by atoms with Crippen LogP contribution < -0.4 is 14.9 Å². The molecule has 3 aromatic carbocycles. The van der Waals surface area contributed by atoms with Crippen LogP contribution in [0.5, 0.6) is 11.5 Å². The number of benzene rings is 3. The maximum absolute atomic E-state index is 13.4. The minimum Gasteiger partial charge on any atom is -0.493 e. The molecule has 0 bridgehead atoms. The van der Waals surface area contributed by atoms with Crippen LogP contribution in [-0.4, -0.2) is 28.3 Å². The summed E-state index contributed by atoms with van der Waals surface area (Å²) in [6.07, 6.45) is 1.65. The normalized spacial score (nSPS) is 14.4. The van der Waals surface area contributed by atoms with E-state index in [1.807, 2.05) is 0 Å². The number of hydrogen-bond donors (Lipinski definition) is 1. The van der Waals surface area contributed by atoms with Crippen molar-refractivity contribution in [3.05, 3.63) is 98.6 Å². The number of rotatable bonds is 7. The van der Waals surface area contributed by atoms with Crippen molar-refractivity contribution in [1.29, 1.82) is 0 Å². The highest BCUT2D eigenvalue weighted by atomic mass is 79.9. The van der Waals surface area contributed by atoms with Crippen molar-refractivity contribution in [2.24, 2.45) is 0 Å². The lowest BCUT2D eigenvalue weighted by molar-refractivity contribution is -0.123. The van der Waals surface area contributed by atoms with E-state index in [0.717, 1.165) is 16.8 Å². The van der Waals surface area contributed by atoms with E-state index in [2.05, 4.69) is 21.4 Å². The summed E-state index contributed by atoms with van der Waals surface area (Å²) in [4.78, 5) is 25.7. The Hall–Kier alpha value is -3.21. The molecule has 0 spiro atoms. The highest BCUT2D eigenvalue weighted by Gasteiger charge is 2.34. The number of halogens is 2. The van der Waals surface area contributed by atoms with E-state index in [4.69, 9.17) is 21.7 Å². The van der Waals surface area contributed by atoms with Gasteiger partial charge in [0, 0.05) is 5.56 Å². The molecular formula is C25H18BrFN2O4S2. The summed E-state index contributed by atoms with van der Waals surface area (Å²) in [6.45, 7) is 0.145. The maximum Gasteiger partial charge on any atom is 0.285 e. The van der Waals surface area contributed by atoms with Crippen molar-refractivity contribution < 1.29 is 23.5 Å². The van der Waals surface area contributed by atoms with Gasteiger partial charge in [-0.05, 0) is 81.7 Å². The van der Waals surface area contributed by atoms with Crippen molar-refractivity contribution >= 4 is 62.1 Å². The van der Waals surface area contributed by atoms with Gasteiger partial charge in [0.1, 0.15) is 12.4 Å². The summed E-state index contributed by atoms with van der Waals surface area (Å²) in [6, 6.07) is 18.2. The molecule has 0 saturated carbocycles. The van der Waals surface area contributed by atoms with Gasteiger partial charge in [-0.3, -0.25) is 15.0 Å². The third-order valence-corrected chi connectivity index (χ3v) is 6.76. The number of hydrogen-bond acceptors (Lipinski definition) is 6. The molecule has 1 aliphatic heterocycles. The second-order valence-electron chi connectivity index (χ2n) is 7.28. The monoisotopic (exact) mass is 572 g/mol. The zero-order chi connectivity index (χ0) is 24.9. The Balaban J connectivity index is 1.51. The van der Waals surface area contributed by atoms with Crippen molar-refractivity contribution in [1.82, 2.24) is 10.4 Å². The van der Waals surface area contributed by atoms with Crippen LogP contribution in [0.15, 0.2) is 76.1 Å². The van der Waals surface area contributed by atoms with Gasteiger partial charge < -0.3 is 9.47 Å². The molecule has 0 atom stereocenters. The van der Waals surface area contributed by atoms with Crippen molar-refractivity contribution in [3.8, 4) is 11.5 Å². The average molecular weight is 573 g/mol. The Morgan fingerprint density at radius 1 is 1.17 bits per heavy atom. The fourth-order valence-electron chi connectivity index (χ4n) is 3.22. The van der Waals surface area contributed by atoms with E-state index in [0.29, 0.717) is 37.6 Å². The molecule has 6 nitrogen and oxygen atoms in total. The lowest BCUT2D eigenvalue weighted by atomic mass is 10.1. The van der Waals surface area contributed by atoms with Gasteiger partial charge in [0.25, 0.3) is 11.8 Å². The van der Waals surface area contributed by atoms with E-state index in [1.54, 1.807) is 60.7 Å². The highest BCUT2D eigenvalue weighted by molar-refractivity contribution is 9.10. The average Bonchev–Trinajstić information content (AvgIpc) is 3.10. The molecule has 3 aromatic rings. The number of carbonyl (C=O) groups excluding carboxylic acids is 2. The standard InChI is InChI=1S/C25H18BrFN2O4S2/c1-32-20-12-16(11-19(26)22(20)33-14-15-6-5-9-18(27)10-15)13-21-24(31)29(25(34)35-21)28-23(30)17-7-3-2-4-8-17/h2-13H,14H2,1H3,(H,28,30)/b21-13+. The summed E-state index contributed by atoms with van der Waals surface area (Å²) in [5.41, 5.74) is 4.29. The zero-order valence-corrected chi connectivity index (χ0v) is 21.5. The number of methoxy groups -OCH3 is 1. The lowest BCUT2D eigenvalue weighted by Crippen LogP contribution is -2.44. The van der Waals surface area contributed by atoms with Crippen LogP contribution in [0.1, 0.15) is 21.5 Å². The van der Waals surface area contributed by atoms with Gasteiger partial charge in [0.15, 0.2) is 15.8 Å². The molecule has 4 rings (SSSR count). The molecule has 0 aliphatic carbocycles.